The summed E-state index contributed by atoms with van der Waals surface area (Å²) in [5.74, 6) is -0.262. The van der Waals surface area contributed by atoms with Crippen molar-refractivity contribution in [3.63, 3.8) is 0 Å². The Hall–Kier alpha value is -2.71. The van der Waals surface area contributed by atoms with Gasteiger partial charge in [-0.15, -0.1) is 5.10 Å². The lowest BCUT2D eigenvalue weighted by atomic mass is 9.80. The second kappa shape index (κ2) is 5.35. The third-order valence-electron chi connectivity index (χ3n) is 2.97. The van der Waals surface area contributed by atoms with Crippen LogP contribution in [0.25, 0.3) is 11.0 Å². The normalized spacial score (nSPS) is 10.6. The Labute approximate surface area is 119 Å². The Morgan fingerprint density at radius 1 is 1.14 bits per heavy atom. The first-order valence-corrected chi connectivity index (χ1v) is 6.13. The Balaban J connectivity index is 1.84. The predicted molar refractivity (Wildman–Crippen MR) is 75.1 cm³/mol. The minimum atomic E-state index is -1.57. The van der Waals surface area contributed by atoms with Crippen LogP contribution in [0.5, 0.6) is 5.75 Å². The zero-order valence-electron chi connectivity index (χ0n) is 10.7. The molecule has 0 fully saturated rings. The molecule has 0 atom stereocenters. The second-order valence-corrected chi connectivity index (χ2v) is 4.35. The Morgan fingerprint density at radius 3 is 2.62 bits per heavy atom. The topological polar surface area (TPSA) is 108 Å². The lowest BCUT2D eigenvalue weighted by molar-refractivity contribution is 0.0737. The van der Waals surface area contributed by atoms with Gasteiger partial charge < -0.3 is 14.8 Å². The van der Waals surface area contributed by atoms with E-state index >= 15 is 0 Å². The highest BCUT2D eigenvalue weighted by Gasteiger charge is 2.15. The summed E-state index contributed by atoms with van der Waals surface area (Å²) in [6.07, 6.45) is 0. The van der Waals surface area contributed by atoms with E-state index in [1.165, 1.54) is 24.3 Å². The van der Waals surface area contributed by atoms with Gasteiger partial charge in [-0.25, -0.2) is 4.79 Å². The Bertz CT molecular complexity index is 785. The van der Waals surface area contributed by atoms with Crippen LogP contribution in [0.2, 0.25) is 0 Å². The fraction of sp³-hybridized carbons (Fsp3) is 0. The number of H-pyrrole nitrogens is 1. The van der Waals surface area contributed by atoms with E-state index in [0.29, 0.717) is 27.8 Å². The van der Waals surface area contributed by atoms with Crippen molar-refractivity contribution in [1.29, 1.82) is 0 Å². The maximum absolute atomic E-state index is 12.1. The molecule has 0 unspecified atom stereocenters. The summed E-state index contributed by atoms with van der Waals surface area (Å²) in [5.41, 5.74) is 1.72. The van der Waals surface area contributed by atoms with Crippen molar-refractivity contribution in [2.75, 3.05) is 0 Å². The van der Waals surface area contributed by atoms with Gasteiger partial charge in [0.25, 0.3) is 0 Å². The van der Waals surface area contributed by atoms with Gasteiger partial charge in [0.05, 0.1) is 11.1 Å². The molecule has 0 spiro atoms. The predicted octanol–water partition coefficient (Wildman–Crippen LogP) is -0.143. The standard InChI is InChI=1S/C13H10BN3O4/c18-13(8-4-6-9(7-5-8)14(19)20)21-11-3-1-2-10-12(11)16-17-15-10/h1-7,19-20H,(H,15,16,17). The fourth-order valence-corrected chi connectivity index (χ4v) is 1.88. The van der Waals surface area contributed by atoms with E-state index < -0.39 is 13.1 Å². The molecule has 0 aliphatic carbocycles. The third kappa shape index (κ3) is 2.62. The van der Waals surface area contributed by atoms with Crippen LogP contribution in [-0.4, -0.2) is 38.5 Å². The van der Waals surface area contributed by atoms with Crippen molar-refractivity contribution in [3.8, 4) is 5.75 Å². The maximum atomic E-state index is 12.1. The van der Waals surface area contributed by atoms with E-state index in [-0.39, 0.29) is 0 Å². The first kappa shape index (κ1) is 13.3. The van der Waals surface area contributed by atoms with Gasteiger partial charge in [0, 0.05) is 0 Å². The van der Waals surface area contributed by atoms with Gasteiger partial charge in [-0.05, 0) is 29.7 Å². The Kier molecular flexibility index (Phi) is 3.39. The summed E-state index contributed by atoms with van der Waals surface area (Å²) >= 11 is 0. The van der Waals surface area contributed by atoms with Crippen LogP contribution in [0.1, 0.15) is 10.4 Å². The third-order valence-corrected chi connectivity index (χ3v) is 2.97. The molecule has 3 rings (SSSR count). The van der Waals surface area contributed by atoms with Gasteiger partial charge in [-0.2, -0.15) is 0 Å². The van der Waals surface area contributed by atoms with Gasteiger partial charge in [-0.3, -0.25) is 5.10 Å². The van der Waals surface area contributed by atoms with Crippen molar-refractivity contribution in [3.05, 3.63) is 48.0 Å². The largest absolute Gasteiger partial charge is 0.488 e. The molecule has 2 aromatic carbocycles. The number of hydrogen-bond acceptors (Lipinski definition) is 6. The number of aromatic nitrogens is 3. The molecule has 0 radical (unpaired) electrons. The van der Waals surface area contributed by atoms with Gasteiger partial charge in [0.1, 0.15) is 0 Å². The second-order valence-electron chi connectivity index (χ2n) is 4.35. The number of carbonyl (C=O) groups is 1. The number of aromatic amines is 1. The first-order valence-electron chi connectivity index (χ1n) is 6.13. The van der Waals surface area contributed by atoms with Gasteiger partial charge in [-0.1, -0.05) is 23.4 Å². The first-order chi connectivity index (χ1) is 10.1. The number of ether oxygens (including phenoxy) is 1. The van der Waals surface area contributed by atoms with E-state index in [1.807, 2.05) is 0 Å². The number of esters is 1. The van der Waals surface area contributed by atoms with Crippen LogP contribution in [0.15, 0.2) is 42.5 Å². The molecule has 0 aliphatic rings. The van der Waals surface area contributed by atoms with Crippen LogP contribution in [0.3, 0.4) is 0 Å². The lowest BCUT2D eigenvalue weighted by Crippen LogP contribution is -2.29. The molecule has 0 saturated carbocycles. The van der Waals surface area contributed by atoms with E-state index in [2.05, 4.69) is 15.4 Å². The summed E-state index contributed by atoms with van der Waals surface area (Å²) in [7, 11) is -1.57. The zero-order valence-corrected chi connectivity index (χ0v) is 10.7. The minimum absolute atomic E-state index is 0.292. The molecular formula is C13H10BN3O4. The van der Waals surface area contributed by atoms with Crippen LogP contribution in [0, 0.1) is 0 Å². The van der Waals surface area contributed by atoms with Gasteiger partial charge in [0.15, 0.2) is 11.3 Å². The van der Waals surface area contributed by atoms with Crippen molar-refractivity contribution in [2.45, 2.75) is 0 Å². The number of fused-ring (bicyclic) bond motifs is 1. The van der Waals surface area contributed by atoms with Crippen LogP contribution >= 0.6 is 0 Å². The monoisotopic (exact) mass is 283 g/mol. The summed E-state index contributed by atoms with van der Waals surface area (Å²) in [4.78, 5) is 12.1. The van der Waals surface area contributed by atoms with Gasteiger partial charge >= 0.3 is 13.1 Å². The average molecular weight is 283 g/mol. The lowest BCUT2D eigenvalue weighted by Gasteiger charge is -2.05. The molecular weight excluding hydrogens is 273 g/mol. The highest BCUT2D eigenvalue weighted by atomic mass is 16.5. The zero-order chi connectivity index (χ0) is 14.8. The highest BCUT2D eigenvalue weighted by molar-refractivity contribution is 6.58. The maximum Gasteiger partial charge on any atom is 0.488 e. The van der Waals surface area contributed by atoms with Crippen LogP contribution in [0.4, 0.5) is 0 Å². The van der Waals surface area contributed by atoms with E-state index in [0.717, 1.165) is 0 Å². The summed E-state index contributed by atoms with van der Waals surface area (Å²) in [6.45, 7) is 0. The molecule has 7 nitrogen and oxygen atoms in total. The molecule has 3 aromatic rings. The van der Waals surface area contributed by atoms with Crippen molar-refractivity contribution in [1.82, 2.24) is 15.4 Å². The highest BCUT2D eigenvalue weighted by Crippen LogP contribution is 2.22. The molecule has 1 heterocycles. The molecule has 8 heteroatoms. The fourth-order valence-electron chi connectivity index (χ4n) is 1.88. The smallest absolute Gasteiger partial charge is 0.423 e. The van der Waals surface area contributed by atoms with Crippen molar-refractivity contribution in [2.24, 2.45) is 0 Å². The Morgan fingerprint density at radius 2 is 1.90 bits per heavy atom. The molecule has 104 valence electrons. The minimum Gasteiger partial charge on any atom is -0.423 e. The summed E-state index contributed by atoms with van der Waals surface area (Å²) in [6, 6.07) is 10.9. The number of nitrogens with zero attached hydrogens (tertiary/aromatic N) is 2. The number of nitrogens with one attached hydrogen (secondary N) is 1. The van der Waals surface area contributed by atoms with Crippen molar-refractivity contribution >= 4 is 29.6 Å². The number of rotatable bonds is 3. The average Bonchev–Trinajstić information content (AvgIpc) is 2.97. The number of hydrogen-bond donors (Lipinski definition) is 3. The molecule has 0 saturated heterocycles. The molecule has 21 heavy (non-hydrogen) atoms. The molecule has 0 aliphatic heterocycles. The van der Waals surface area contributed by atoms with Crippen LogP contribution < -0.4 is 10.2 Å². The SMILES string of the molecule is O=C(Oc1cccc2[nH]nnc12)c1ccc(B(O)O)cc1. The quantitative estimate of drug-likeness (QED) is 0.350. The van der Waals surface area contributed by atoms with E-state index in [4.69, 9.17) is 14.8 Å². The number of carbonyl (C=O) groups excluding carboxylic acids is 1. The van der Waals surface area contributed by atoms with Crippen molar-refractivity contribution < 1.29 is 19.6 Å². The van der Waals surface area contributed by atoms with Crippen LogP contribution in [-0.2, 0) is 0 Å². The summed E-state index contributed by atoms with van der Waals surface area (Å²) < 4.78 is 5.29. The molecule has 1 aromatic heterocycles. The van der Waals surface area contributed by atoms with Gasteiger partial charge in [0.2, 0.25) is 0 Å². The molecule has 0 amide bonds. The molecule has 0 bridgehead atoms. The van der Waals surface area contributed by atoms with E-state index in [1.54, 1.807) is 18.2 Å². The number of benzene rings is 2. The van der Waals surface area contributed by atoms with E-state index in [9.17, 15) is 4.79 Å². The molecule has 3 N–H and O–H groups in total. The summed E-state index contributed by atoms with van der Waals surface area (Å²) in [5, 5.41) is 28.2.